The van der Waals surface area contributed by atoms with Crippen LogP contribution in [0.3, 0.4) is 0 Å². The van der Waals surface area contributed by atoms with Gasteiger partial charge in [0.1, 0.15) is 11.5 Å². The number of hydrogen-bond acceptors (Lipinski definition) is 3. The van der Waals surface area contributed by atoms with Gasteiger partial charge in [0.05, 0.1) is 5.52 Å². The van der Waals surface area contributed by atoms with E-state index in [-0.39, 0.29) is 5.82 Å². The molecule has 106 valence electrons. The summed E-state index contributed by atoms with van der Waals surface area (Å²) in [6.07, 6.45) is 1.59. The third-order valence-corrected chi connectivity index (χ3v) is 3.40. The molecule has 0 spiro atoms. The van der Waals surface area contributed by atoms with Crippen LogP contribution in [0.4, 0.5) is 25.8 Å². The van der Waals surface area contributed by atoms with Crippen LogP contribution in [0.15, 0.2) is 48.7 Å². The van der Waals surface area contributed by atoms with E-state index in [1.54, 1.807) is 42.4 Å². The van der Waals surface area contributed by atoms with Crippen molar-refractivity contribution in [2.24, 2.45) is 0 Å². The van der Waals surface area contributed by atoms with Crippen LogP contribution in [0.25, 0.3) is 10.9 Å². The molecule has 0 saturated heterocycles. The topological polar surface area (TPSA) is 42.1 Å². The fourth-order valence-electron chi connectivity index (χ4n) is 2.34. The third kappa shape index (κ3) is 2.27. The summed E-state index contributed by atoms with van der Waals surface area (Å²) in [5.41, 5.74) is 7.62. The molecule has 0 aliphatic rings. The number of anilines is 3. The summed E-state index contributed by atoms with van der Waals surface area (Å²) in [5, 5.41) is 0.683. The zero-order valence-corrected chi connectivity index (χ0v) is 11.3. The van der Waals surface area contributed by atoms with Crippen molar-refractivity contribution in [3.63, 3.8) is 0 Å². The Balaban J connectivity index is 2.22. The van der Waals surface area contributed by atoms with E-state index >= 15 is 0 Å². The molecule has 0 aliphatic carbocycles. The molecule has 0 unspecified atom stereocenters. The Bertz CT molecular complexity index is 800. The highest BCUT2D eigenvalue weighted by molar-refractivity contribution is 6.00. The lowest BCUT2D eigenvalue weighted by molar-refractivity contribution is 0.626. The summed E-state index contributed by atoms with van der Waals surface area (Å²) in [6.45, 7) is 0. The minimum absolute atomic E-state index is 0.311. The lowest BCUT2D eigenvalue weighted by Gasteiger charge is -2.22. The first-order valence-electron chi connectivity index (χ1n) is 6.40. The van der Waals surface area contributed by atoms with E-state index in [0.29, 0.717) is 28.0 Å². The largest absolute Gasteiger partial charge is 0.398 e. The Morgan fingerprint density at radius 2 is 1.81 bits per heavy atom. The fraction of sp³-hybridized carbons (Fsp3) is 0.0625. The van der Waals surface area contributed by atoms with Gasteiger partial charge in [0.15, 0.2) is 5.82 Å². The van der Waals surface area contributed by atoms with E-state index in [0.717, 1.165) is 0 Å². The molecule has 2 N–H and O–H groups in total. The van der Waals surface area contributed by atoms with E-state index in [2.05, 4.69) is 4.98 Å². The number of hydrogen-bond donors (Lipinski definition) is 1. The van der Waals surface area contributed by atoms with Gasteiger partial charge in [0, 0.05) is 30.0 Å². The van der Waals surface area contributed by atoms with Crippen LogP contribution in [0.1, 0.15) is 0 Å². The van der Waals surface area contributed by atoms with Crippen molar-refractivity contribution < 1.29 is 8.78 Å². The maximum Gasteiger partial charge on any atom is 0.151 e. The molecule has 0 amide bonds. The second kappa shape index (κ2) is 5.01. The van der Waals surface area contributed by atoms with Gasteiger partial charge in [-0.05, 0) is 42.5 Å². The lowest BCUT2D eigenvalue weighted by atomic mass is 10.1. The van der Waals surface area contributed by atoms with Crippen molar-refractivity contribution in [2.75, 3.05) is 17.7 Å². The quantitative estimate of drug-likeness (QED) is 0.727. The molecule has 0 fully saturated rings. The van der Waals surface area contributed by atoms with Gasteiger partial charge < -0.3 is 10.6 Å². The monoisotopic (exact) mass is 285 g/mol. The predicted octanol–water partition coefficient (Wildman–Crippen LogP) is 3.86. The van der Waals surface area contributed by atoms with Crippen LogP contribution in [-0.4, -0.2) is 12.0 Å². The molecule has 3 aromatic rings. The average Bonchev–Trinajstić information content (AvgIpc) is 2.48. The Labute approximate surface area is 120 Å². The zero-order valence-electron chi connectivity index (χ0n) is 11.3. The number of nitrogen functional groups attached to an aromatic ring is 1. The predicted molar refractivity (Wildman–Crippen MR) is 80.6 cm³/mol. The standard InChI is InChI=1S/C16H13F2N3/c1-21(11-6-4-10(17)5-7-11)16-13(18)9-14(19)12-3-2-8-20-15(12)16/h2-9H,19H2,1H3. The molecule has 0 atom stereocenters. The molecule has 5 heteroatoms. The van der Waals surface area contributed by atoms with Crippen molar-refractivity contribution in [3.8, 4) is 0 Å². The Hall–Kier alpha value is -2.69. The minimum Gasteiger partial charge on any atom is -0.398 e. The SMILES string of the molecule is CN(c1ccc(F)cc1)c1c(F)cc(N)c2cccnc12. The van der Waals surface area contributed by atoms with Crippen molar-refractivity contribution in [1.29, 1.82) is 0 Å². The normalized spacial score (nSPS) is 10.8. The number of aromatic nitrogens is 1. The van der Waals surface area contributed by atoms with Crippen LogP contribution in [0, 0.1) is 11.6 Å². The van der Waals surface area contributed by atoms with Crippen LogP contribution in [-0.2, 0) is 0 Å². The van der Waals surface area contributed by atoms with E-state index in [9.17, 15) is 8.78 Å². The second-order valence-electron chi connectivity index (χ2n) is 4.73. The van der Waals surface area contributed by atoms with Gasteiger partial charge in [-0.1, -0.05) is 0 Å². The van der Waals surface area contributed by atoms with Gasteiger partial charge in [-0.3, -0.25) is 4.98 Å². The molecule has 1 heterocycles. The van der Waals surface area contributed by atoms with Gasteiger partial charge in [0.25, 0.3) is 0 Å². The van der Waals surface area contributed by atoms with Crippen LogP contribution < -0.4 is 10.6 Å². The van der Waals surface area contributed by atoms with E-state index in [4.69, 9.17) is 5.73 Å². The first-order valence-corrected chi connectivity index (χ1v) is 6.40. The highest BCUT2D eigenvalue weighted by atomic mass is 19.1. The van der Waals surface area contributed by atoms with Crippen molar-refractivity contribution in [3.05, 3.63) is 60.3 Å². The average molecular weight is 285 g/mol. The fourth-order valence-corrected chi connectivity index (χ4v) is 2.34. The maximum atomic E-state index is 14.4. The summed E-state index contributed by atoms with van der Waals surface area (Å²) >= 11 is 0. The smallest absolute Gasteiger partial charge is 0.151 e. The molecule has 3 nitrogen and oxygen atoms in total. The van der Waals surface area contributed by atoms with Crippen molar-refractivity contribution in [1.82, 2.24) is 4.98 Å². The van der Waals surface area contributed by atoms with Crippen LogP contribution in [0.5, 0.6) is 0 Å². The summed E-state index contributed by atoms with van der Waals surface area (Å²) in [6, 6.07) is 10.6. The number of rotatable bonds is 2. The Kier molecular flexibility index (Phi) is 3.17. The third-order valence-electron chi connectivity index (χ3n) is 3.40. The van der Waals surface area contributed by atoms with Crippen molar-refractivity contribution in [2.45, 2.75) is 0 Å². The molecule has 1 aromatic heterocycles. The molecule has 21 heavy (non-hydrogen) atoms. The van der Waals surface area contributed by atoms with Gasteiger partial charge in [0.2, 0.25) is 0 Å². The highest BCUT2D eigenvalue weighted by Gasteiger charge is 2.16. The lowest BCUT2D eigenvalue weighted by Crippen LogP contribution is -2.13. The van der Waals surface area contributed by atoms with Gasteiger partial charge in [-0.2, -0.15) is 0 Å². The first kappa shape index (κ1) is 13.3. The van der Waals surface area contributed by atoms with Crippen molar-refractivity contribution >= 4 is 28.0 Å². The summed E-state index contributed by atoms with van der Waals surface area (Å²) in [7, 11) is 1.70. The van der Waals surface area contributed by atoms with Gasteiger partial charge in [-0.25, -0.2) is 8.78 Å². The minimum atomic E-state index is -0.467. The van der Waals surface area contributed by atoms with Crippen LogP contribution >= 0.6 is 0 Å². The first-order chi connectivity index (χ1) is 10.1. The number of benzene rings is 2. The Morgan fingerprint density at radius 3 is 2.52 bits per heavy atom. The number of fused-ring (bicyclic) bond motifs is 1. The molecular weight excluding hydrogens is 272 g/mol. The molecule has 0 radical (unpaired) electrons. The maximum absolute atomic E-state index is 14.4. The van der Waals surface area contributed by atoms with E-state index in [1.807, 2.05) is 0 Å². The van der Waals surface area contributed by atoms with Gasteiger partial charge >= 0.3 is 0 Å². The molecule has 0 bridgehead atoms. The molecule has 2 aromatic carbocycles. The Morgan fingerprint density at radius 1 is 1.10 bits per heavy atom. The second-order valence-corrected chi connectivity index (χ2v) is 4.73. The summed E-state index contributed by atoms with van der Waals surface area (Å²) in [4.78, 5) is 5.86. The number of nitrogens with zero attached hydrogens (tertiary/aromatic N) is 2. The number of pyridine rings is 1. The zero-order chi connectivity index (χ0) is 15.0. The molecular formula is C16H13F2N3. The number of halogens is 2. The van der Waals surface area contributed by atoms with Gasteiger partial charge in [-0.15, -0.1) is 0 Å². The summed E-state index contributed by atoms with van der Waals surface area (Å²) < 4.78 is 27.4. The number of nitrogens with two attached hydrogens (primary N) is 1. The van der Waals surface area contributed by atoms with Crippen LogP contribution in [0.2, 0.25) is 0 Å². The molecule has 0 saturated carbocycles. The molecule has 3 rings (SSSR count). The summed E-state index contributed by atoms with van der Waals surface area (Å²) in [5.74, 6) is -0.807. The highest BCUT2D eigenvalue weighted by Crippen LogP contribution is 2.35. The van der Waals surface area contributed by atoms with E-state index < -0.39 is 5.82 Å². The molecule has 0 aliphatic heterocycles. The van der Waals surface area contributed by atoms with E-state index in [1.165, 1.54) is 18.2 Å².